The van der Waals surface area contributed by atoms with Crippen LogP contribution in [0.4, 0.5) is 11.4 Å². The Hall–Kier alpha value is -3.20. The van der Waals surface area contributed by atoms with Crippen LogP contribution in [0.15, 0.2) is 92.9 Å². The molecule has 9 heteroatoms. The fourth-order valence-corrected chi connectivity index (χ4v) is 7.11. The molecule has 6 nitrogen and oxygen atoms in total. The predicted octanol–water partition coefficient (Wildman–Crippen LogP) is 6.83. The lowest BCUT2D eigenvalue weighted by Gasteiger charge is -2.19. The van der Waals surface area contributed by atoms with E-state index < -0.39 is 0 Å². The van der Waals surface area contributed by atoms with Gasteiger partial charge in [0.25, 0.3) is 5.91 Å². The van der Waals surface area contributed by atoms with Gasteiger partial charge in [-0.3, -0.25) is 9.69 Å². The quantitative estimate of drug-likeness (QED) is 0.257. The van der Waals surface area contributed by atoms with Gasteiger partial charge in [-0.2, -0.15) is 0 Å². The van der Waals surface area contributed by atoms with Gasteiger partial charge in [0.15, 0.2) is 5.17 Å². The number of benzene rings is 3. The average Bonchev–Trinajstić information content (AvgIpc) is 3.55. The zero-order valence-corrected chi connectivity index (χ0v) is 22.8. The number of thioether (sulfide) groups is 2. The standard InChI is InChI=1S/C28H24ClN5OS2/c1-3-33-23-15-19(29)9-12-24(23)36-27(33)25-26(35)34(14-13-18-7-5-4-6-8-18)28(37-25)31-20-10-11-22-21(16-20)30-17-32(22)2/h4-12,15-17H,3,13-14H2,1-2H3/b27-25-,31-28?. The molecule has 1 aromatic heterocycles. The Labute approximate surface area is 229 Å². The molecule has 0 N–H and O–H groups in total. The number of hydrogen-bond donors (Lipinski definition) is 0. The van der Waals surface area contributed by atoms with Crippen molar-refractivity contribution in [3.8, 4) is 0 Å². The molecule has 0 bridgehead atoms. The Morgan fingerprint density at radius 1 is 1.00 bits per heavy atom. The number of amidine groups is 1. The van der Waals surface area contributed by atoms with Crippen LogP contribution in [-0.4, -0.2) is 38.6 Å². The molecule has 0 radical (unpaired) electrons. The number of carbonyl (C=O) groups is 1. The summed E-state index contributed by atoms with van der Waals surface area (Å²) in [5.41, 5.74) is 4.92. The molecule has 0 saturated carbocycles. The Morgan fingerprint density at radius 3 is 2.65 bits per heavy atom. The summed E-state index contributed by atoms with van der Waals surface area (Å²) in [5.74, 6) is -0.0153. The van der Waals surface area contributed by atoms with Crippen LogP contribution in [0.25, 0.3) is 11.0 Å². The SMILES string of the molecule is CCN1/C(=C2/SC(=Nc3ccc4c(c3)ncn4C)N(CCc3ccccc3)C2=O)Sc2ccc(Cl)cc21. The zero-order valence-electron chi connectivity index (χ0n) is 20.4. The van der Waals surface area contributed by atoms with E-state index in [0.717, 1.165) is 45.3 Å². The summed E-state index contributed by atoms with van der Waals surface area (Å²) in [7, 11) is 1.97. The molecule has 3 aromatic carbocycles. The second-order valence-electron chi connectivity index (χ2n) is 8.81. The molecule has 0 unspecified atom stereocenters. The van der Waals surface area contributed by atoms with Crippen LogP contribution >= 0.6 is 35.1 Å². The second-order valence-corrected chi connectivity index (χ2v) is 11.3. The van der Waals surface area contributed by atoms with E-state index >= 15 is 0 Å². The van der Waals surface area contributed by atoms with Crippen molar-refractivity contribution < 1.29 is 4.79 Å². The van der Waals surface area contributed by atoms with Crippen LogP contribution in [0.5, 0.6) is 0 Å². The van der Waals surface area contributed by atoms with E-state index in [4.69, 9.17) is 16.6 Å². The van der Waals surface area contributed by atoms with Crippen LogP contribution < -0.4 is 4.90 Å². The van der Waals surface area contributed by atoms with E-state index in [-0.39, 0.29) is 5.91 Å². The van der Waals surface area contributed by atoms with E-state index in [1.54, 1.807) is 18.1 Å². The number of aromatic nitrogens is 2. The first kappa shape index (κ1) is 24.2. The molecular weight excluding hydrogens is 522 g/mol. The minimum Gasteiger partial charge on any atom is -0.334 e. The van der Waals surface area contributed by atoms with Gasteiger partial charge >= 0.3 is 0 Å². The van der Waals surface area contributed by atoms with E-state index in [1.807, 2.05) is 71.1 Å². The molecule has 2 aliphatic heterocycles. The summed E-state index contributed by atoms with van der Waals surface area (Å²) in [4.78, 5) is 29.1. The molecule has 186 valence electrons. The number of nitrogens with zero attached hydrogens (tertiary/aromatic N) is 5. The van der Waals surface area contributed by atoms with Gasteiger partial charge in [0.05, 0.1) is 28.7 Å². The number of anilines is 1. The van der Waals surface area contributed by atoms with Crippen LogP contribution in [0.1, 0.15) is 12.5 Å². The summed E-state index contributed by atoms with van der Waals surface area (Å²) >= 11 is 9.37. The van der Waals surface area contributed by atoms with Gasteiger partial charge < -0.3 is 9.47 Å². The molecular formula is C28H24ClN5OS2. The highest BCUT2D eigenvalue weighted by Gasteiger charge is 2.39. The largest absolute Gasteiger partial charge is 0.334 e. The average molecular weight is 546 g/mol. The molecule has 1 saturated heterocycles. The lowest BCUT2D eigenvalue weighted by atomic mass is 10.1. The number of aliphatic imine (C=N–C) groups is 1. The maximum atomic E-state index is 13.9. The topological polar surface area (TPSA) is 53.7 Å². The van der Waals surface area contributed by atoms with Gasteiger partial charge in [-0.1, -0.05) is 53.7 Å². The summed E-state index contributed by atoms with van der Waals surface area (Å²) in [6.45, 7) is 3.37. The van der Waals surface area contributed by atoms with Crippen molar-refractivity contribution in [1.82, 2.24) is 14.5 Å². The highest BCUT2D eigenvalue weighted by molar-refractivity contribution is 8.19. The van der Waals surface area contributed by atoms with Crippen molar-refractivity contribution in [2.24, 2.45) is 12.0 Å². The first-order valence-corrected chi connectivity index (χ1v) is 14.1. The first-order chi connectivity index (χ1) is 18.0. The third-order valence-electron chi connectivity index (χ3n) is 6.44. The number of imidazole rings is 1. The maximum Gasteiger partial charge on any atom is 0.269 e. The number of amides is 1. The second kappa shape index (κ2) is 9.93. The van der Waals surface area contributed by atoms with Gasteiger partial charge in [0.2, 0.25) is 0 Å². The summed E-state index contributed by atoms with van der Waals surface area (Å²) in [6.07, 6.45) is 2.54. The molecule has 0 aliphatic carbocycles. The fraction of sp³-hybridized carbons (Fsp3) is 0.179. The smallest absolute Gasteiger partial charge is 0.269 e. The molecule has 3 heterocycles. The first-order valence-electron chi connectivity index (χ1n) is 12.0. The number of fused-ring (bicyclic) bond motifs is 2. The third kappa shape index (κ3) is 4.54. The Bertz CT molecular complexity index is 1580. The molecule has 37 heavy (non-hydrogen) atoms. The summed E-state index contributed by atoms with van der Waals surface area (Å²) in [5, 5.41) is 2.31. The lowest BCUT2D eigenvalue weighted by molar-refractivity contribution is -0.122. The van der Waals surface area contributed by atoms with Gasteiger partial charge in [0, 0.05) is 30.1 Å². The molecule has 0 spiro atoms. The Kier molecular flexibility index (Phi) is 6.48. The van der Waals surface area contributed by atoms with Crippen molar-refractivity contribution in [3.05, 3.63) is 93.6 Å². The van der Waals surface area contributed by atoms with Crippen molar-refractivity contribution in [3.63, 3.8) is 0 Å². The summed E-state index contributed by atoms with van der Waals surface area (Å²) in [6, 6.07) is 22.1. The van der Waals surface area contributed by atoms with E-state index in [0.29, 0.717) is 21.6 Å². The number of hydrogen-bond acceptors (Lipinski definition) is 6. The van der Waals surface area contributed by atoms with Crippen molar-refractivity contribution in [2.75, 3.05) is 18.0 Å². The van der Waals surface area contributed by atoms with E-state index in [2.05, 4.69) is 28.9 Å². The van der Waals surface area contributed by atoms with Gasteiger partial charge in [-0.25, -0.2) is 9.98 Å². The zero-order chi connectivity index (χ0) is 25.5. The Morgan fingerprint density at radius 2 is 1.84 bits per heavy atom. The highest BCUT2D eigenvalue weighted by Crippen LogP contribution is 2.51. The van der Waals surface area contributed by atoms with Crippen LogP contribution in [0.2, 0.25) is 5.02 Å². The Balaban J connectivity index is 1.39. The maximum absolute atomic E-state index is 13.9. The van der Waals surface area contributed by atoms with Crippen LogP contribution in [-0.2, 0) is 18.3 Å². The molecule has 4 aromatic rings. The van der Waals surface area contributed by atoms with Crippen molar-refractivity contribution >= 4 is 68.6 Å². The molecule has 6 rings (SSSR count). The van der Waals surface area contributed by atoms with Gasteiger partial charge in [-0.15, -0.1) is 0 Å². The van der Waals surface area contributed by atoms with Crippen molar-refractivity contribution in [2.45, 2.75) is 18.2 Å². The van der Waals surface area contributed by atoms with Crippen LogP contribution in [0, 0.1) is 0 Å². The van der Waals surface area contributed by atoms with Crippen LogP contribution in [0.3, 0.4) is 0 Å². The number of aryl methyl sites for hydroxylation is 1. The number of rotatable bonds is 5. The summed E-state index contributed by atoms with van der Waals surface area (Å²) < 4.78 is 1.98. The molecule has 1 fully saturated rings. The number of halogens is 1. The lowest BCUT2D eigenvalue weighted by Crippen LogP contribution is -2.32. The fourth-order valence-electron chi connectivity index (χ4n) is 4.54. The van der Waals surface area contributed by atoms with Crippen molar-refractivity contribution in [1.29, 1.82) is 0 Å². The van der Waals surface area contributed by atoms with E-state index in [1.165, 1.54) is 17.3 Å². The van der Waals surface area contributed by atoms with E-state index in [9.17, 15) is 4.79 Å². The normalized spacial score (nSPS) is 18.5. The molecule has 2 aliphatic rings. The number of carbonyl (C=O) groups excluding carboxylic acids is 1. The van der Waals surface area contributed by atoms with Gasteiger partial charge in [0.1, 0.15) is 9.93 Å². The monoisotopic (exact) mass is 545 g/mol. The molecule has 1 amide bonds. The highest BCUT2D eigenvalue weighted by atomic mass is 35.5. The predicted molar refractivity (Wildman–Crippen MR) is 155 cm³/mol. The minimum absolute atomic E-state index is 0.0153. The minimum atomic E-state index is -0.0153. The molecule has 0 atom stereocenters. The third-order valence-corrected chi connectivity index (χ3v) is 9.05. The van der Waals surface area contributed by atoms with Gasteiger partial charge in [-0.05, 0) is 67.1 Å².